The average Bonchev–Trinajstić information content (AvgIpc) is 2.85. The third-order valence-corrected chi connectivity index (χ3v) is 3.21. The molecular formula is C15H19NO2. The maximum atomic E-state index is 11.8. The molecule has 0 atom stereocenters. The van der Waals surface area contributed by atoms with Crippen LogP contribution in [0.4, 0.5) is 0 Å². The van der Waals surface area contributed by atoms with Crippen LogP contribution in [-0.2, 0) is 11.2 Å². The molecule has 0 N–H and O–H groups in total. The Labute approximate surface area is 108 Å². The van der Waals surface area contributed by atoms with Crippen molar-refractivity contribution < 1.29 is 9.53 Å². The van der Waals surface area contributed by atoms with Crippen LogP contribution in [0.3, 0.4) is 0 Å². The number of rotatable bonds is 4. The number of benzene rings is 1. The molecule has 1 heterocycles. The topological polar surface area (TPSA) is 29.5 Å². The van der Waals surface area contributed by atoms with Crippen LogP contribution in [0.5, 0.6) is 5.75 Å². The molecule has 0 fully saturated rings. The lowest BCUT2D eigenvalue weighted by molar-refractivity contribution is -0.125. The third-order valence-electron chi connectivity index (χ3n) is 3.21. The van der Waals surface area contributed by atoms with Crippen molar-refractivity contribution in [3.63, 3.8) is 0 Å². The SMILES string of the molecule is CCN(CC)C(=O)/C=C/c1ccc2c(c1)CCO2. The van der Waals surface area contributed by atoms with E-state index in [9.17, 15) is 4.79 Å². The van der Waals surface area contributed by atoms with Crippen molar-refractivity contribution >= 4 is 12.0 Å². The highest BCUT2D eigenvalue weighted by atomic mass is 16.5. The van der Waals surface area contributed by atoms with E-state index in [2.05, 4.69) is 6.07 Å². The predicted molar refractivity (Wildman–Crippen MR) is 72.6 cm³/mol. The van der Waals surface area contributed by atoms with Gasteiger partial charge in [0.15, 0.2) is 0 Å². The van der Waals surface area contributed by atoms with E-state index in [4.69, 9.17) is 4.74 Å². The molecule has 1 aromatic carbocycles. The van der Waals surface area contributed by atoms with Gasteiger partial charge < -0.3 is 9.64 Å². The fourth-order valence-electron chi connectivity index (χ4n) is 2.12. The largest absolute Gasteiger partial charge is 0.493 e. The zero-order valence-corrected chi connectivity index (χ0v) is 11.0. The van der Waals surface area contributed by atoms with E-state index < -0.39 is 0 Å². The lowest BCUT2D eigenvalue weighted by atomic mass is 10.1. The van der Waals surface area contributed by atoms with Gasteiger partial charge in [-0.25, -0.2) is 0 Å². The summed E-state index contributed by atoms with van der Waals surface area (Å²) in [4.78, 5) is 13.6. The normalized spacial score (nSPS) is 13.4. The molecule has 96 valence electrons. The van der Waals surface area contributed by atoms with Crippen LogP contribution in [0.15, 0.2) is 24.3 Å². The highest BCUT2D eigenvalue weighted by molar-refractivity contribution is 5.91. The van der Waals surface area contributed by atoms with E-state index >= 15 is 0 Å². The number of hydrogen-bond donors (Lipinski definition) is 0. The van der Waals surface area contributed by atoms with Crippen LogP contribution in [-0.4, -0.2) is 30.5 Å². The third kappa shape index (κ3) is 2.73. The molecule has 2 rings (SSSR count). The maximum absolute atomic E-state index is 11.8. The first-order chi connectivity index (χ1) is 8.74. The highest BCUT2D eigenvalue weighted by Gasteiger charge is 2.11. The summed E-state index contributed by atoms with van der Waals surface area (Å²) in [6, 6.07) is 6.05. The van der Waals surface area contributed by atoms with Crippen LogP contribution in [0.2, 0.25) is 0 Å². The fraction of sp³-hybridized carbons (Fsp3) is 0.400. The molecule has 1 aromatic rings. The average molecular weight is 245 g/mol. The van der Waals surface area contributed by atoms with Gasteiger partial charge in [-0.3, -0.25) is 4.79 Å². The van der Waals surface area contributed by atoms with Crippen LogP contribution < -0.4 is 4.74 Å². The molecule has 0 spiro atoms. The number of hydrogen-bond acceptors (Lipinski definition) is 2. The minimum atomic E-state index is 0.0664. The Morgan fingerprint density at radius 2 is 2.17 bits per heavy atom. The minimum Gasteiger partial charge on any atom is -0.493 e. The molecule has 18 heavy (non-hydrogen) atoms. The van der Waals surface area contributed by atoms with Gasteiger partial charge in [-0.2, -0.15) is 0 Å². The van der Waals surface area contributed by atoms with Crippen molar-refractivity contribution in [3.05, 3.63) is 35.4 Å². The summed E-state index contributed by atoms with van der Waals surface area (Å²) >= 11 is 0. The summed E-state index contributed by atoms with van der Waals surface area (Å²) in [6.45, 7) is 6.24. The summed E-state index contributed by atoms with van der Waals surface area (Å²) in [5, 5.41) is 0. The van der Waals surface area contributed by atoms with Crippen molar-refractivity contribution in [2.24, 2.45) is 0 Å². The predicted octanol–water partition coefficient (Wildman–Crippen LogP) is 2.50. The Bertz CT molecular complexity index is 462. The Kier molecular flexibility index (Phi) is 4.03. The first-order valence-corrected chi connectivity index (χ1v) is 6.47. The molecule has 0 radical (unpaired) electrons. The first kappa shape index (κ1) is 12.7. The Hall–Kier alpha value is -1.77. The van der Waals surface area contributed by atoms with Gasteiger partial charge in [0.2, 0.25) is 5.91 Å². The van der Waals surface area contributed by atoms with Crippen LogP contribution >= 0.6 is 0 Å². The van der Waals surface area contributed by atoms with Crippen molar-refractivity contribution in [1.29, 1.82) is 0 Å². The van der Waals surface area contributed by atoms with Crippen molar-refractivity contribution in [3.8, 4) is 5.75 Å². The van der Waals surface area contributed by atoms with Gasteiger partial charge in [0.05, 0.1) is 6.61 Å². The van der Waals surface area contributed by atoms with Gasteiger partial charge in [0, 0.05) is 25.6 Å². The molecule has 1 amide bonds. The quantitative estimate of drug-likeness (QED) is 0.763. The summed E-state index contributed by atoms with van der Waals surface area (Å²) in [6.07, 6.45) is 4.48. The first-order valence-electron chi connectivity index (χ1n) is 6.47. The lowest BCUT2D eigenvalue weighted by Crippen LogP contribution is -2.28. The molecular weight excluding hydrogens is 226 g/mol. The van der Waals surface area contributed by atoms with Gasteiger partial charge in [0.25, 0.3) is 0 Å². The molecule has 3 nitrogen and oxygen atoms in total. The smallest absolute Gasteiger partial charge is 0.246 e. The molecule has 3 heteroatoms. The fourth-order valence-corrected chi connectivity index (χ4v) is 2.12. The number of fused-ring (bicyclic) bond motifs is 1. The number of likely N-dealkylation sites (N-methyl/N-ethyl adjacent to an activating group) is 1. The molecule has 0 saturated carbocycles. The molecule has 1 aliphatic rings. The lowest BCUT2D eigenvalue weighted by Gasteiger charge is -2.15. The zero-order chi connectivity index (χ0) is 13.0. The van der Waals surface area contributed by atoms with Crippen LogP contribution in [0.25, 0.3) is 6.08 Å². The van der Waals surface area contributed by atoms with E-state index in [1.54, 1.807) is 11.0 Å². The van der Waals surface area contributed by atoms with Crippen molar-refractivity contribution in [2.45, 2.75) is 20.3 Å². The van der Waals surface area contributed by atoms with Crippen molar-refractivity contribution in [1.82, 2.24) is 4.90 Å². The highest BCUT2D eigenvalue weighted by Crippen LogP contribution is 2.26. The standard InChI is InChI=1S/C15H19NO2/c1-3-16(4-2)15(17)8-6-12-5-7-14-13(11-12)9-10-18-14/h5-8,11H,3-4,9-10H2,1-2H3/b8-6+. The number of carbonyl (C=O) groups is 1. The van der Waals surface area contributed by atoms with Gasteiger partial charge >= 0.3 is 0 Å². The zero-order valence-electron chi connectivity index (χ0n) is 11.0. The number of carbonyl (C=O) groups excluding carboxylic acids is 1. The Morgan fingerprint density at radius 1 is 1.39 bits per heavy atom. The second-order valence-corrected chi connectivity index (χ2v) is 4.31. The van der Waals surface area contributed by atoms with Gasteiger partial charge in [0.1, 0.15) is 5.75 Å². The molecule has 0 aromatic heterocycles. The van der Waals surface area contributed by atoms with E-state index in [1.807, 2.05) is 32.1 Å². The van der Waals surface area contributed by atoms with Gasteiger partial charge in [-0.15, -0.1) is 0 Å². The Morgan fingerprint density at radius 3 is 2.89 bits per heavy atom. The van der Waals surface area contributed by atoms with Gasteiger partial charge in [-0.1, -0.05) is 6.07 Å². The summed E-state index contributed by atoms with van der Waals surface area (Å²) in [5.41, 5.74) is 2.28. The molecule has 0 bridgehead atoms. The van der Waals surface area contributed by atoms with E-state index in [-0.39, 0.29) is 5.91 Å². The molecule has 1 aliphatic heterocycles. The summed E-state index contributed by atoms with van der Waals surface area (Å²) in [7, 11) is 0. The number of amides is 1. The molecule has 0 aliphatic carbocycles. The van der Waals surface area contributed by atoms with E-state index in [1.165, 1.54) is 5.56 Å². The van der Waals surface area contributed by atoms with E-state index in [0.29, 0.717) is 0 Å². The minimum absolute atomic E-state index is 0.0664. The van der Waals surface area contributed by atoms with E-state index in [0.717, 1.165) is 37.4 Å². The Balaban J connectivity index is 2.07. The van der Waals surface area contributed by atoms with Crippen LogP contribution in [0.1, 0.15) is 25.0 Å². The summed E-state index contributed by atoms with van der Waals surface area (Å²) < 4.78 is 5.45. The second kappa shape index (κ2) is 5.71. The maximum Gasteiger partial charge on any atom is 0.246 e. The number of ether oxygens (including phenoxy) is 1. The van der Waals surface area contributed by atoms with Gasteiger partial charge in [-0.05, 0) is 43.2 Å². The molecule has 0 saturated heterocycles. The summed E-state index contributed by atoms with van der Waals surface area (Å²) in [5.74, 6) is 1.04. The monoisotopic (exact) mass is 245 g/mol. The number of nitrogens with zero attached hydrogens (tertiary/aromatic N) is 1. The second-order valence-electron chi connectivity index (χ2n) is 4.31. The van der Waals surface area contributed by atoms with Crippen LogP contribution in [0, 0.1) is 0 Å². The molecule has 0 unspecified atom stereocenters. The van der Waals surface area contributed by atoms with Crippen molar-refractivity contribution in [2.75, 3.05) is 19.7 Å².